The van der Waals surface area contributed by atoms with Crippen molar-refractivity contribution in [3.8, 4) is 0 Å². The van der Waals surface area contributed by atoms with E-state index in [1.807, 2.05) is 31.2 Å². The van der Waals surface area contributed by atoms with Crippen LogP contribution in [0, 0.1) is 0 Å². The Bertz CT molecular complexity index is 707. The third kappa shape index (κ3) is 2.47. The first-order valence-corrected chi connectivity index (χ1v) is 7.77. The summed E-state index contributed by atoms with van der Waals surface area (Å²) in [7, 11) is 1.71. The van der Waals surface area contributed by atoms with Gasteiger partial charge in [-0.05, 0) is 31.4 Å². The molecule has 1 aliphatic rings. The molecule has 112 valence electrons. The predicted octanol–water partition coefficient (Wildman–Crippen LogP) is 3.44. The number of para-hydroxylation sites is 1. The molecule has 4 nitrogen and oxygen atoms in total. The highest BCUT2D eigenvalue weighted by Gasteiger charge is 2.34. The van der Waals surface area contributed by atoms with Crippen LogP contribution in [0.1, 0.15) is 43.4 Å². The van der Waals surface area contributed by atoms with Crippen LogP contribution in [-0.4, -0.2) is 22.8 Å². The van der Waals surface area contributed by atoms with Gasteiger partial charge in [-0.25, -0.2) is 4.98 Å². The summed E-state index contributed by atoms with van der Waals surface area (Å²) in [5.74, 6) is 0.683. The molecule has 1 fully saturated rings. The molecule has 1 saturated carbocycles. The van der Waals surface area contributed by atoms with Crippen molar-refractivity contribution in [3.05, 3.63) is 40.4 Å². The number of halogens is 1. The van der Waals surface area contributed by atoms with E-state index in [9.17, 15) is 4.79 Å². The number of hydrogen-bond donors (Lipinski definition) is 0. The Balaban J connectivity index is 2.15. The second-order valence-electron chi connectivity index (χ2n) is 5.52. The molecule has 5 heteroatoms. The number of alkyl halides is 1. The van der Waals surface area contributed by atoms with E-state index < -0.39 is 0 Å². The maximum Gasteiger partial charge on any atom is 0.261 e. The van der Waals surface area contributed by atoms with Crippen molar-refractivity contribution in [3.63, 3.8) is 0 Å². The number of aromatic nitrogens is 2. The maximum absolute atomic E-state index is 12.8. The zero-order valence-corrected chi connectivity index (χ0v) is 13.0. The van der Waals surface area contributed by atoms with Crippen molar-refractivity contribution < 1.29 is 4.74 Å². The third-order valence-corrected chi connectivity index (χ3v) is 4.75. The number of rotatable bonds is 4. The largest absolute Gasteiger partial charge is 0.381 e. The van der Waals surface area contributed by atoms with Crippen molar-refractivity contribution in [2.24, 2.45) is 0 Å². The first-order valence-electron chi connectivity index (χ1n) is 7.33. The molecule has 1 aromatic heterocycles. The van der Waals surface area contributed by atoms with Gasteiger partial charge in [0.1, 0.15) is 5.82 Å². The van der Waals surface area contributed by atoms with Crippen LogP contribution in [0.2, 0.25) is 0 Å². The number of benzene rings is 1. The van der Waals surface area contributed by atoms with Gasteiger partial charge in [-0.3, -0.25) is 9.36 Å². The normalized spacial score (nSPS) is 23.0. The van der Waals surface area contributed by atoms with Crippen LogP contribution in [0.4, 0.5) is 0 Å². The number of methoxy groups -OCH3 is 1. The first kappa shape index (κ1) is 14.5. The fourth-order valence-corrected chi connectivity index (χ4v) is 3.01. The van der Waals surface area contributed by atoms with Gasteiger partial charge in [-0.15, -0.1) is 11.6 Å². The molecule has 21 heavy (non-hydrogen) atoms. The molecule has 2 aromatic rings. The zero-order valence-electron chi connectivity index (χ0n) is 12.3. The molecular formula is C16H19ClN2O2. The predicted molar refractivity (Wildman–Crippen MR) is 84.0 cm³/mol. The minimum Gasteiger partial charge on any atom is -0.381 e. The van der Waals surface area contributed by atoms with Crippen molar-refractivity contribution >= 4 is 22.5 Å². The third-order valence-electron chi connectivity index (χ3n) is 4.24. The van der Waals surface area contributed by atoms with Crippen LogP contribution in [-0.2, 0) is 4.74 Å². The van der Waals surface area contributed by atoms with Crippen molar-refractivity contribution in [2.75, 3.05) is 7.11 Å². The van der Waals surface area contributed by atoms with Crippen LogP contribution in [0.5, 0.6) is 0 Å². The number of hydrogen-bond acceptors (Lipinski definition) is 3. The smallest absolute Gasteiger partial charge is 0.261 e. The monoisotopic (exact) mass is 306 g/mol. The van der Waals surface area contributed by atoms with Crippen molar-refractivity contribution in [1.29, 1.82) is 0 Å². The molecule has 0 N–H and O–H groups in total. The van der Waals surface area contributed by atoms with Gasteiger partial charge < -0.3 is 4.74 Å². The lowest BCUT2D eigenvalue weighted by atomic mass is 9.88. The van der Waals surface area contributed by atoms with Gasteiger partial charge in [0.25, 0.3) is 5.56 Å². The molecule has 3 rings (SSSR count). The first-order chi connectivity index (χ1) is 10.2. The highest BCUT2D eigenvalue weighted by Crippen LogP contribution is 2.36. The summed E-state index contributed by atoms with van der Waals surface area (Å²) < 4.78 is 7.11. The van der Waals surface area contributed by atoms with Crippen molar-refractivity contribution in [2.45, 2.75) is 43.7 Å². The van der Waals surface area contributed by atoms with Crippen LogP contribution < -0.4 is 5.56 Å². The van der Waals surface area contributed by atoms with E-state index in [2.05, 4.69) is 4.98 Å². The van der Waals surface area contributed by atoms with Crippen LogP contribution >= 0.6 is 11.6 Å². The molecule has 1 heterocycles. The van der Waals surface area contributed by atoms with Gasteiger partial charge in [0.15, 0.2) is 0 Å². The maximum atomic E-state index is 12.8. The van der Waals surface area contributed by atoms with Gasteiger partial charge in [0.2, 0.25) is 0 Å². The summed E-state index contributed by atoms with van der Waals surface area (Å²) in [6, 6.07) is 7.59. The standard InChI is InChI=1S/C16H19ClN2O2/c1-3-13(17)15-18-14-7-5-4-6-12(14)16(20)19(15)10-8-11(9-10)21-2/h4-7,10-11,13H,3,8-9H2,1-2H3. The highest BCUT2D eigenvalue weighted by atomic mass is 35.5. The Morgan fingerprint density at radius 2 is 2.14 bits per heavy atom. The average molecular weight is 307 g/mol. The van der Waals surface area contributed by atoms with E-state index in [0.29, 0.717) is 11.2 Å². The zero-order chi connectivity index (χ0) is 15.0. The molecule has 0 radical (unpaired) electrons. The molecular weight excluding hydrogens is 288 g/mol. The fourth-order valence-electron chi connectivity index (χ4n) is 2.86. The molecule has 1 unspecified atom stereocenters. The lowest BCUT2D eigenvalue weighted by molar-refractivity contribution is 0.00408. The molecule has 0 spiro atoms. The summed E-state index contributed by atoms with van der Waals surface area (Å²) >= 11 is 6.41. The topological polar surface area (TPSA) is 44.1 Å². The number of ether oxygens (including phenoxy) is 1. The van der Waals surface area contributed by atoms with E-state index in [1.165, 1.54) is 0 Å². The quantitative estimate of drug-likeness (QED) is 0.813. The molecule has 1 aliphatic carbocycles. The number of nitrogens with zero attached hydrogens (tertiary/aromatic N) is 2. The Kier molecular flexibility index (Phi) is 4.00. The summed E-state index contributed by atoms with van der Waals surface area (Å²) in [6.07, 6.45) is 2.66. The second kappa shape index (κ2) is 5.78. The highest BCUT2D eigenvalue weighted by molar-refractivity contribution is 6.20. The second-order valence-corrected chi connectivity index (χ2v) is 6.05. The summed E-state index contributed by atoms with van der Waals surface area (Å²) in [5.41, 5.74) is 0.727. The Labute approximate surface area is 128 Å². The van der Waals surface area contributed by atoms with E-state index >= 15 is 0 Å². The van der Waals surface area contributed by atoms with E-state index in [1.54, 1.807) is 11.7 Å². The molecule has 0 bridgehead atoms. The van der Waals surface area contributed by atoms with E-state index in [4.69, 9.17) is 16.3 Å². The molecule has 1 aromatic carbocycles. The molecule has 0 amide bonds. The van der Waals surface area contributed by atoms with E-state index in [0.717, 1.165) is 24.8 Å². The van der Waals surface area contributed by atoms with E-state index in [-0.39, 0.29) is 23.1 Å². The summed E-state index contributed by atoms with van der Waals surface area (Å²) in [5, 5.41) is 0.408. The van der Waals surface area contributed by atoms with Crippen LogP contribution in [0.15, 0.2) is 29.1 Å². The minimum absolute atomic E-state index is 0.00857. The van der Waals surface area contributed by atoms with Gasteiger partial charge in [-0.2, -0.15) is 0 Å². The van der Waals surface area contributed by atoms with Gasteiger partial charge in [0, 0.05) is 13.2 Å². The Morgan fingerprint density at radius 1 is 1.43 bits per heavy atom. The minimum atomic E-state index is -0.246. The Morgan fingerprint density at radius 3 is 2.81 bits per heavy atom. The average Bonchev–Trinajstić information content (AvgIpc) is 2.47. The van der Waals surface area contributed by atoms with Gasteiger partial charge in [-0.1, -0.05) is 19.1 Å². The van der Waals surface area contributed by atoms with Gasteiger partial charge in [0.05, 0.1) is 22.4 Å². The van der Waals surface area contributed by atoms with Crippen LogP contribution in [0.25, 0.3) is 10.9 Å². The van der Waals surface area contributed by atoms with Gasteiger partial charge >= 0.3 is 0 Å². The fraction of sp³-hybridized carbons (Fsp3) is 0.500. The summed E-state index contributed by atoms with van der Waals surface area (Å²) in [4.78, 5) is 17.5. The SMILES string of the molecule is CCC(Cl)c1nc2ccccc2c(=O)n1C1CC(OC)C1. The lowest BCUT2D eigenvalue weighted by Gasteiger charge is -2.37. The summed E-state index contributed by atoms with van der Waals surface area (Å²) in [6.45, 7) is 2.00. The lowest BCUT2D eigenvalue weighted by Crippen LogP contribution is -2.40. The molecule has 1 atom stereocenters. The van der Waals surface area contributed by atoms with Crippen LogP contribution in [0.3, 0.4) is 0 Å². The number of fused-ring (bicyclic) bond motifs is 1. The Hall–Kier alpha value is -1.39. The molecule has 0 saturated heterocycles. The molecule has 0 aliphatic heterocycles. The van der Waals surface area contributed by atoms with Crippen molar-refractivity contribution in [1.82, 2.24) is 9.55 Å².